The van der Waals surface area contributed by atoms with E-state index in [1.165, 1.54) is 6.07 Å². The number of benzene rings is 2. The van der Waals surface area contributed by atoms with Crippen LogP contribution < -0.4 is 10.3 Å². The highest BCUT2D eigenvalue weighted by molar-refractivity contribution is 5.18. The van der Waals surface area contributed by atoms with E-state index in [9.17, 15) is 4.79 Å². The number of rotatable bonds is 5. The van der Waals surface area contributed by atoms with Crippen LogP contribution in [0, 0.1) is 6.92 Å². The van der Waals surface area contributed by atoms with Crippen molar-refractivity contribution in [1.82, 2.24) is 9.55 Å². The highest BCUT2D eigenvalue weighted by Gasteiger charge is 2.07. The number of nitrogens with zero attached hydrogens (tertiary/aromatic N) is 2. The molecule has 3 aromatic rings. The minimum atomic E-state index is -0.107. The smallest absolute Gasteiger partial charge is 0.257 e. The standard InChI is InChI=1S/C19H18N2O2.2C2H6/c1-15-20-18(23-14-17-10-6-3-7-11-17)12-19(22)21(15)13-16-8-4-2-5-9-16;2*1-2/h2-12H,13-14H2,1H3;2*1-2H3. The quantitative estimate of drug-likeness (QED) is 0.621. The lowest BCUT2D eigenvalue weighted by Gasteiger charge is -2.11. The van der Waals surface area contributed by atoms with Crippen LogP contribution in [0.25, 0.3) is 0 Å². The van der Waals surface area contributed by atoms with Crippen molar-refractivity contribution in [3.63, 3.8) is 0 Å². The number of ether oxygens (including phenoxy) is 1. The molecule has 1 aromatic heterocycles. The van der Waals surface area contributed by atoms with Gasteiger partial charge in [0.25, 0.3) is 5.56 Å². The summed E-state index contributed by atoms with van der Waals surface area (Å²) < 4.78 is 7.28. The van der Waals surface area contributed by atoms with E-state index in [1.54, 1.807) is 4.57 Å². The fourth-order valence-corrected chi connectivity index (χ4v) is 2.36. The second-order valence-electron chi connectivity index (χ2n) is 5.33. The maximum absolute atomic E-state index is 12.3. The molecule has 0 bridgehead atoms. The Morgan fingerprint density at radius 3 is 1.89 bits per heavy atom. The number of aryl methyl sites for hydroxylation is 1. The number of hydrogen-bond donors (Lipinski definition) is 0. The molecule has 0 aliphatic carbocycles. The third kappa shape index (κ3) is 7.10. The average Bonchev–Trinajstić information content (AvgIpc) is 2.74. The Morgan fingerprint density at radius 2 is 1.37 bits per heavy atom. The van der Waals surface area contributed by atoms with Crippen LogP contribution in [0.3, 0.4) is 0 Å². The molecule has 0 N–H and O–H groups in total. The Morgan fingerprint density at radius 1 is 0.852 bits per heavy atom. The van der Waals surface area contributed by atoms with Crippen LogP contribution in [-0.4, -0.2) is 9.55 Å². The molecule has 0 saturated carbocycles. The van der Waals surface area contributed by atoms with Crippen molar-refractivity contribution in [2.45, 2.75) is 47.8 Å². The summed E-state index contributed by atoms with van der Waals surface area (Å²) in [6, 6.07) is 21.1. The minimum absolute atomic E-state index is 0.107. The van der Waals surface area contributed by atoms with Gasteiger partial charge in [0.2, 0.25) is 5.88 Å². The van der Waals surface area contributed by atoms with E-state index in [0.29, 0.717) is 24.9 Å². The summed E-state index contributed by atoms with van der Waals surface area (Å²) in [4.78, 5) is 16.7. The second kappa shape index (κ2) is 12.5. The molecule has 2 aromatic carbocycles. The van der Waals surface area contributed by atoms with Crippen molar-refractivity contribution in [2.24, 2.45) is 0 Å². The lowest BCUT2D eigenvalue weighted by molar-refractivity contribution is 0.290. The highest BCUT2D eigenvalue weighted by atomic mass is 16.5. The van der Waals surface area contributed by atoms with Gasteiger partial charge in [-0.25, -0.2) is 4.98 Å². The molecule has 0 unspecified atom stereocenters. The Kier molecular flexibility index (Phi) is 10.2. The van der Waals surface area contributed by atoms with E-state index < -0.39 is 0 Å². The van der Waals surface area contributed by atoms with Crippen molar-refractivity contribution in [1.29, 1.82) is 0 Å². The van der Waals surface area contributed by atoms with Gasteiger partial charge in [0.05, 0.1) is 12.6 Å². The van der Waals surface area contributed by atoms with E-state index in [1.807, 2.05) is 95.3 Å². The number of aromatic nitrogens is 2. The Balaban J connectivity index is 0.000000855. The van der Waals surface area contributed by atoms with E-state index in [0.717, 1.165) is 11.1 Å². The molecular weight excluding hydrogens is 336 g/mol. The van der Waals surface area contributed by atoms with Gasteiger partial charge < -0.3 is 4.74 Å². The zero-order valence-electron chi connectivity index (χ0n) is 17.0. The molecule has 0 radical (unpaired) electrons. The third-order valence-corrected chi connectivity index (χ3v) is 3.59. The molecule has 0 aliphatic heterocycles. The molecule has 4 heteroatoms. The second-order valence-corrected chi connectivity index (χ2v) is 5.33. The van der Waals surface area contributed by atoms with Crippen LogP contribution in [0.1, 0.15) is 44.6 Å². The maximum Gasteiger partial charge on any atom is 0.257 e. The first-order valence-electron chi connectivity index (χ1n) is 9.51. The average molecular weight is 367 g/mol. The Bertz CT molecular complexity index is 828. The molecule has 0 saturated heterocycles. The van der Waals surface area contributed by atoms with Gasteiger partial charge in [-0.15, -0.1) is 0 Å². The van der Waals surface area contributed by atoms with Crippen molar-refractivity contribution < 1.29 is 4.74 Å². The van der Waals surface area contributed by atoms with Crippen LogP contribution in [-0.2, 0) is 13.2 Å². The van der Waals surface area contributed by atoms with Crippen molar-refractivity contribution in [3.05, 3.63) is 94.0 Å². The summed E-state index contributed by atoms with van der Waals surface area (Å²) in [5, 5.41) is 0. The van der Waals surface area contributed by atoms with E-state index in [-0.39, 0.29) is 5.56 Å². The molecule has 1 heterocycles. The maximum atomic E-state index is 12.3. The molecule has 0 fully saturated rings. The molecule has 27 heavy (non-hydrogen) atoms. The SMILES string of the molecule is CC.CC.Cc1nc(OCc2ccccc2)cc(=O)n1Cc1ccccc1. The number of hydrogen-bond acceptors (Lipinski definition) is 3. The molecule has 0 atom stereocenters. The largest absolute Gasteiger partial charge is 0.473 e. The van der Waals surface area contributed by atoms with Gasteiger partial charge in [0.15, 0.2) is 0 Å². The van der Waals surface area contributed by atoms with Gasteiger partial charge in [0.1, 0.15) is 12.4 Å². The topological polar surface area (TPSA) is 44.1 Å². The molecule has 4 nitrogen and oxygen atoms in total. The molecule has 0 spiro atoms. The van der Waals surface area contributed by atoms with Gasteiger partial charge in [-0.3, -0.25) is 9.36 Å². The summed E-state index contributed by atoms with van der Waals surface area (Å²) >= 11 is 0. The molecule has 0 amide bonds. The lowest BCUT2D eigenvalue weighted by atomic mass is 10.2. The predicted octanol–water partition coefficient (Wildman–Crippen LogP) is 5.23. The molecule has 3 rings (SSSR count). The van der Waals surface area contributed by atoms with Gasteiger partial charge in [-0.2, -0.15) is 0 Å². The van der Waals surface area contributed by atoms with Crippen LogP contribution >= 0.6 is 0 Å². The molecular formula is C23H30N2O2. The van der Waals surface area contributed by atoms with Crippen molar-refractivity contribution in [3.8, 4) is 5.88 Å². The predicted molar refractivity (Wildman–Crippen MR) is 112 cm³/mol. The van der Waals surface area contributed by atoms with E-state index in [4.69, 9.17) is 4.74 Å². The highest BCUT2D eigenvalue weighted by Crippen LogP contribution is 2.09. The van der Waals surface area contributed by atoms with Gasteiger partial charge in [0, 0.05) is 0 Å². The lowest BCUT2D eigenvalue weighted by Crippen LogP contribution is -2.24. The van der Waals surface area contributed by atoms with Crippen LogP contribution in [0.2, 0.25) is 0 Å². The van der Waals surface area contributed by atoms with E-state index >= 15 is 0 Å². The molecule has 0 aliphatic rings. The zero-order chi connectivity index (χ0) is 20.1. The van der Waals surface area contributed by atoms with Crippen LogP contribution in [0.4, 0.5) is 0 Å². The summed E-state index contributed by atoms with van der Waals surface area (Å²) in [5.74, 6) is 1.00. The monoisotopic (exact) mass is 366 g/mol. The fraction of sp³-hybridized carbons (Fsp3) is 0.304. The van der Waals surface area contributed by atoms with Crippen molar-refractivity contribution in [2.75, 3.05) is 0 Å². The minimum Gasteiger partial charge on any atom is -0.473 e. The van der Waals surface area contributed by atoms with Gasteiger partial charge >= 0.3 is 0 Å². The normalized spacial score (nSPS) is 9.37. The first kappa shape index (κ1) is 22.2. The van der Waals surface area contributed by atoms with Gasteiger partial charge in [-0.05, 0) is 18.1 Å². The van der Waals surface area contributed by atoms with E-state index in [2.05, 4.69) is 4.98 Å². The van der Waals surface area contributed by atoms with Gasteiger partial charge in [-0.1, -0.05) is 88.4 Å². The zero-order valence-corrected chi connectivity index (χ0v) is 17.0. The Hall–Kier alpha value is -2.88. The third-order valence-electron chi connectivity index (χ3n) is 3.59. The van der Waals surface area contributed by atoms with Crippen LogP contribution in [0.5, 0.6) is 5.88 Å². The Labute approximate surface area is 162 Å². The first-order valence-corrected chi connectivity index (χ1v) is 9.51. The summed E-state index contributed by atoms with van der Waals surface area (Å²) in [5.41, 5.74) is 2.00. The van der Waals surface area contributed by atoms with Crippen molar-refractivity contribution >= 4 is 0 Å². The van der Waals surface area contributed by atoms with Crippen LogP contribution in [0.15, 0.2) is 71.5 Å². The summed E-state index contributed by atoms with van der Waals surface area (Å²) in [6.07, 6.45) is 0. The summed E-state index contributed by atoms with van der Waals surface area (Å²) in [6.45, 7) is 10.7. The fourth-order valence-electron chi connectivity index (χ4n) is 2.36. The first-order chi connectivity index (χ1) is 13.2. The molecule has 144 valence electrons. The summed E-state index contributed by atoms with van der Waals surface area (Å²) in [7, 11) is 0.